The van der Waals surface area contributed by atoms with E-state index in [0.29, 0.717) is 11.5 Å². The zero-order valence-corrected chi connectivity index (χ0v) is 10.4. The monoisotopic (exact) mass is 224 g/mol. The normalized spacial score (nSPS) is 38.8. The van der Waals surface area contributed by atoms with Gasteiger partial charge in [-0.15, -0.1) is 0 Å². The lowest BCUT2D eigenvalue weighted by atomic mass is 9.78. The zero-order chi connectivity index (χ0) is 11.0. The van der Waals surface area contributed by atoms with E-state index in [2.05, 4.69) is 10.2 Å². The number of ether oxygens (including phenoxy) is 1. The van der Waals surface area contributed by atoms with Crippen molar-refractivity contribution in [1.29, 1.82) is 0 Å². The molecule has 2 aliphatic heterocycles. The molecule has 92 valence electrons. The summed E-state index contributed by atoms with van der Waals surface area (Å²) in [6, 6.07) is 0.833. The molecule has 3 fully saturated rings. The number of likely N-dealkylation sites (tertiary alicyclic amines) is 1. The van der Waals surface area contributed by atoms with E-state index in [-0.39, 0.29) is 0 Å². The van der Waals surface area contributed by atoms with Crippen molar-refractivity contribution < 1.29 is 4.74 Å². The molecule has 1 N–H and O–H groups in total. The molecule has 1 aliphatic carbocycles. The summed E-state index contributed by atoms with van der Waals surface area (Å²) in [5, 5.41) is 3.49. The maximum atomic E-state index is 5.38. The third-order valence-corrected chi connectivity index (χ3v) is 5.05. The van der Waals surface area contributed by atoms with Crippen LogP contribution >= 0.6 is 0 Å². The summed E-state index contributed by atoms with van der Waals surface area (Å²) in [6.45, 7) is 5.16. The van der Waals surface area contributed by atoms with Crippen molar-refractivity contribution in [2.75, 3.05) is 33.3 Å². The van der Waals surface area contributed by atoms with Crippen LogP contribution in [0.5, 0.6) is 0 Å². The minimum Gasteiger partial charge on any atom is -0.381 e. The number of rotatable bonds is 2. The Labute approximate surface area is 98.5 Å². The molecule has 0 aromatic heterocycles. The van der Waals surface area contributed by atoms with E-state index in [1.165, 1.54) is 58.3 Å². The average Bonchev–Trinajstić information content (AvgIpc) is 2.62. The molecule has 0 unspecified atom stereocenters. The van der Waals surface area contributed by atoms with Crippen molar-refractivity contribution in [1.82, 2.24) is 10.2 Å². The lowest BCUT2D eigenvalue weighted by molar-refractivity contribution is -0.0240. The summed E-state index contributed by atoms with van der Waals surface area (Å²) < 4.78 is 5.38. The summed E-state index contributed by atoms with van der Waals surface area (Å²) in [5.74, 6) is 0. The van der Waals surface area contributed by atoms with Gasteiger partial charge in [-0.1, -0.05) is 0 Å². The van der Waals surface area contributed by atoms with Crippen molar-refractivity contribution in [3.05, 3.63) is 0 Å². The van der Waals surface area contributed by atoms with Gasteiger partial charge in [-0.2, -0.15) is 0 Å². The van der Waals surface area contributed by atoms with Gasteiger partial charge in [0.1, 0.15) is 0 Å². The maximum absolute atomic E-state index is 5.38. The fourth-order valence-electron chi connectivity index (χ4n) is 3.68. The van der Waals surface area contributed by atoms with Crippen LogP contribution in [-0.2, 0) is 4.74 Å². The Bertz CT molecular complexity index is 244. The van der Waals surface area contributed by atoms with Crippen LogP contribution in [0.1, 0.15) is 32.1 Å². The SMILES string of the molecule is COC1CC(N2CCC3(CCNCC3)C2)C1. The largest absolute Gasteiger partial charge is 0.381 e. The second-order valence-electron chi connectivity index (χ2n) is 5.95. The lowest BCUT2D eigenvalue weighted by Gasteiger charge is -2.42. The van der Waals surface area contributed by atoms with E-state index in [1.807, 2.05) is 7.11 Å². The first kappa shape index (κ1) is 11.0. The van der Waals surface area contributed by atoms with Gasteiger partial charge in [0.2, 0.25) is 0 Å². The van der Waals surface area contributed by atoms with Gasteiger partial charge in [-0.3, -0.25) is 4.90 Å². The van der Waals surface area contributed by atoms with Gasteiger partial charge in [0.15, 0.2) is 0 Å². The molecule has 0 aromatic carbocycles. The van der Waals surface area contributed by atoms with Crippen molar-refractivity contribution in [3.63, 3.8) is 0 Å². The Kier molecular flexibility index (Phi) is 2.94. The van der Waals surface area contributed by atoms with Gasteiger partial charge < -0.3 is 10.1 Å². The Balaban J connectivity index is 1.53. The molecule has 3 heteroatoms. The van der Waals surface area contributed by atoms with Crippen LogP contribution in [0.15, 0.2) is 0 Å². The molecule has 0 atom stereocenters. The van der Waals surface area contributed by atoms with Gasteiger partial charge in [-0.25, -0.2) is 0 Å². The predicted octanol–water partition coefficient (Wildman–Crippen LogP) is 1.24. The smallest absolute Gasteiger partial charge is 0.0601 e. The molecule has 0 bridgehead atoms. The molecule has 3 aliphatic rings. The molecule has 0 radical (unpaired) electrons. The van der Waals surface area contributed by atoms with E-state index >= 15 is 0 Å². The van der Waals surface area contributed by atoms with Crippen LogP contribution in [0.25, 0.3) is 0 Å². The minimum atomic E-state index is 0.551. The number of hydrogen-bond donors (Lipinski definition) is 1. The topological polar surface area (TPSA) is 24.5 Å². The first-order valence-corrected chi connectivity index (χ1v) is 6.79. The van der Waals surface area contributed by atoms with Gasteiger partial charge in [-0.05, 0) is 57.2 Å². The zero-order valence-electron chi connectivity index (χ0n) is 10.4. The van der Waals surface area contributed by atoms with Gasteiger partial charge >= 0.3 is 0 Å². The van der Waals surface area contributed by atoms with Gasteiger partial charge in [0, 0.05) is 19.7 Å². The number of hydrogen-bond acceptors (Lipinski definition) is 3. The molecular weight excluding hydrogens is 200 g/mol. The third kappa shape index (κ3) is 1.89. The quantitative estimate of drug-likeness (QED) is 0.764. The Morgan fingerprint density at radius 3 is 2.62 bits per heavy atom. The first-order valence-electron chi connectivity index (χ1n) is 6.79. The number of nitrogens with zero attached hydrogens (tertiary/aromatic N) is 1. The van der Waals surface area contributed by atoms with E-state index in [0.717, 1.165) is 6.04 Å². The van der Waals surface area contributed by atoms with Crippen LogP contribution < -0.4 is 5.32 Å². The molecule has 1 saturated carbocycles. The standard InChI is InChI=1S/C13H24N2O/c1-16-12-8-11(9-12)15-7-4-13(10-15)2-5-14-6-3-13/h11-12,14H,2-10H2,1H3. The van der Waals surface area contributed by atoms with E-state index < -0.39 is 0 Å². The number of methoxy groups -OCH3 is 1. The molecule has 0 amide bonds. The summed E-state index contributed by atoms with van der Waals surface area (Å²) in [6.07, 6.45) is 7.31. The summed E-state index contributed by atoms with van der Waals surface area (Å²) in [7, 11) is 1.85. The second kappa shape index (κ2) is 4.28. The van der Waals surface area contributed by atoms with Crippen LogP contribution in [0.4, 0.5) is 0 Å². The van der Waals surface area contributed by atoms with Crippen molar-refractivity contribution in [3.8, 4) is 0 Å². The summed E-state index contributed by atoms with van der Waals surface area (Å²) >= 11 is 0. The van der Waals surface area contributed by atoms with Crippen molar-refractivity contribution in [2.45, 2.75) is 44.2 Å². The van der Waals surface area contributed by atoms with Crippen molar-refractivity contribution in [2.24, 2.45) is 5.41 Å². The molecule has 2 heterocycles. The third-order valence-electron chi connectivity index (χ3n) is 5.05. The average molecular weight is 224 g/mol. The predicted molar refractivity (Wildman–Crippen MR) is 64.5 cm³/mol. The number of nitrogens with one attached hydrogen (secondary N) is 1. The Hall–Kier alpha value is -0.120. The van der Waals surface area contributed by atoms with Crippen LogP contribution in [0.2, 0.25) is 0 Å². The van der Waals surface area contributed by atoms with Gasteiger partial charge in [0.05, 0.1) is 6.10 Å². The molecular formula is C13H24N2O. The highest BCUT2D eigenvalue weighted by atomic mass is 16.5. The summed E-state index contributed by atoms with van der Waals surface area (Å²) in [5.41, 5.74) is 0.670. The fourth-order valence-corrected chi connectivity index (χ4v) is 3.68. The fraction of sp³-hybridized carbons (Fsp3) is 1.00. The highest BCUT2D eigenvalue weighted by Gasteiger charge is 2.44. The minimum absolute atomic E-state index is 0.551. The maximum Gasteiger partial charge on any atom is 0.0601 e. The molecule has 1 spiro atoms. The second-order valence-corrected chi connectivity index (χ2v) is 5.95. The van der Waals surface area contributed by atoms with E-state index in [1.54, 1.807) is 0 Å². The van der Waals surface area contributed by atoms with Crippen LogP contribution in [-0.4, -0.2) is 50.3 Å². The van der Waals surface area contributed by atoms with Crippen LogP contribution in [0, 0.1) is 5.41 Å². The van der Waals surface area contributed by atoms with E-state index in [4.69, 9.17) is 4.74 Å². The molecule has 16 heavy (non-hydrogen) atoms. The first-order chi connectivity index (χ1) is 7.81. The highest BCUT2D eigenvalue weighted by molar-refractivity contribution is 4.98. The molecule has 3 nitrogen and oxygen atoms in total. The van der Waals surface area contributed by atoms with Gasteiger partial charge in [0.25, 0.3) is 0 Å². The number of piperidine rings is 1. The molecule has 2 saturated heterocycles. The Morgan fingerprint density at radius 1 is 1.19 bits per heavy atom. The van der Waals surface area contributed by atoms with Crippen LogP contribution in [0.3, 0.4) is 0 Å². The molecule has 3 rings (SSSR count). The van der Waals surface area contributed by atoms with E-state index in [9.17, 15) is 0 Å². The van der Waals surface area contributed by atoms with Crippen molar-refractivity contribution >= 4 is 0 Å². The summed E-state index contributed by atoms with van der Waals surface area (Å²) in [4.78, 5) is 2.74. The highest BCUT2D eigenvalue weighted by Crippen LogP contribution is 2.42. The Morgan fingerprint density at radius 2 is 1.94 bits per heavy atom. The molecule has 0 aromatic rings. The lowest BCUT2D eigenvalue weighted by Crippen LogP contribution is -2.48.